The van der Waals surface area contributed by atoms with Gasteiger partial charge in [0.2, 0.25) is 0 Å². The van der Waals surface area contributed by atoms with Crippen LogP contribution in [0.1, 0.15) is 16.8 Å². The second-order valence-electron chi connectivity index (χ2n) is 4.61. The number of nitrogens with one attached hydrogen (secondary N) is 2. The molecular weight excluding hydrogens is 273 g/mol. The van der Waals surface area contributed by atoms with E-state index < -0.39 is 0 Å². The third-order valence-corrected chi connectivity index (χ3v) is 2.95. The number of aryl methyl sites for hydroxylation is 2. The summed E-state index contributed by atoms with van der Waals surface area (Å²) < 4.78 is 12.8. The van der Waals surface area contributed by atoms with Crippen LogP contribution in [0.4, 0.5) is 10.2 Å². The van der Waals surface area contributed by atoms with E-state index >= 15 is 0 Å². The zero-order valence-corrected chi connectivity index (χ0v) is 12.2. The number of nitrogens with zero attached hydrogens (tertiary/aromatic N) is 1. The Bertz CT molecular complexity index is 591. The molecule has 1 aromatic carbocycles. The molecule has 0 saturated heterocycles. The lowest BCUT2D eigenvalue weighted by Crippen LogP contribution is -2.28. The van der Waals surface area contributed by atoms with Crippen LogP contribution in [0.2, 0.25) is 0 Å². The molecule has 0 aliphatic heterocycles. The van der Waals surface area contributed by atoms with E-state index in [0.717, 1.165) is 22.6 Å². The fourth-order valence-corrected chi connectivity index (χ4v) is 2.03. The smallest absolute Gasteiger partial charge is 0.172 e. The van der Waals surface area contributed by atoms with Crippen molar-refractivity contribution in [1.29, 1.82) is 0 Å². The van der Waals surface area contributed by atoms with E-state index in [1.54, 1.807) is 12.1 Å². The van der Waals surface area contributed by atoms with Crippen molar-refractivity contribution in [1.82, 2.24) is 10.3 Å². The fourth-order valence-electron chi connectivity index (χ4n) is 1.85. The number of thiocarbonyl (C=S) groups is 1. The van der Waals surface area contributed by atoms with E-state index in [2.05, 4.69) is 15.6 Å². The Balaban J connectivity index is 1.90. The van der Waals surface area contributed by atoms with Gasteiger partial charge in [0.15, 0.2) is 5.11 Å². The minimum atomic E-state index is -0.242. The van der Waals surface area contributed by atoms with Crippen molar-refractivity contribution in [2.24, 2.45) is 0 Å². The first-order valence-electron chi connectivity index (χ1n) is 6.27. The molecule has 1 heterocycles. The van der Waals surface area contributed by atoms with Crippen LogP contribution < -0.4 is 10.6 Å². The Labute approximate surface area is 123 Å². The molecule has 0 bridgehead atoms. The lowest BCUT2D eigenvalue weighted by Gasteiger charge is -2.11. The highest BCUT2D eigenvalue weighted by molar-refractivity contribution is 7.80. The van der Waals surface area contributed by atoms with Crippen LogP contribution in [-0.4, -0.2) is 10.1 Å². The lowest BCUT2D eigenvalue weighted by molar-refractivity contribution is 0.627. The summed E-state index contributed by atoms with van der Waals surface area (Å²) in [5.74, 6) is 0.480. The number of anilines is 1. The lowest BCUT2D eigenvalue weighted by atomic mass is 10.2. The largest absolute Gasteiger partial charge is 0.358 e. The summed E-state index contributed by atoms with van der Waals surface area (Å²) in [7, 11) is 0. The Morgan fingerprint density at radius 1 is 1.20 bits per heavy atom. The molecule has 0 spiro atoms. The van der Waals surface area contributed by atoms with E-state index in [9.17, 15) is 4.39 Å². The number of aromatic nitrogens is 1. The van der Waals surface area contributed by atoms with E-state index in [-0.39, 0.29) is 5.82 Å². The molecule has 5 heteroatoms. The zero-order valence-electron chi connectivity index (χ0n) is 11.4. The molecule has 0 aliphatic carbocycles. The number of hydrogen-bond acceptors (Lipinski definition) is 2. The highest BCUT2D eigenvalue weighted by Gasteiger charge is 2.01. The molecule has 1 aromatic heterocycles. The summed E-state index contributed by atoms with van der Waals surface area (Å²) >= 11 is 5.21. The van der Waals surface area contributed by atoms with Gasteiger partial charge in [0, 0.05) is 12.2 Å². The van der Waals surface area contributed by atoms with Gasteiger partial charge in [-0.1, -0.05) is 12.1 Å². The standard InChI is InChI=1S/C15H16FN3S/c1-10-7-11(2)18-14(8-10)19-15(20)17-9-12-3-5-13(16)6-4-12/h3-8H,9H2,1-2H3,(H2,17,18,19,20). The molecule has 20 heavy (non-hydrogen) atoms. The van der Waals surface area contributed by atoms with Gasteiger partial charge in [-0.3, -0.25) is 0 Å². The number of hydrogen-bond donors (Lipinski definition) is 2. The van der Waals surface area contributed by atoms with Crippen molar-refractivity contribution in [3.05, 3.63) is 59.0 Å². The van der Waals surface area contributed by atoms with Gasteiger partial charge in [0.1, 0.15) is 11.6 Å². The quantitative estimate of drug-likeness (QED) is 0.850. The highest BCUT2D eigenvalue weighted by atomic mass is 32.1. The minimum Gasteiger partial charge on any atom is -0.358 e. The Morgan fingerprint density at radius 3 is 2.55 bits per heavy atom. The van der Waals surface area contributed by atoms with Crippen molar-refractivity contribution < 1.29 is 4.39 Å². The Hall–Kier alpha value is -2.01. The first-order chi connectivity index (χ1) is 9.52. The summed E-state index contributed by atoms with van der Waals surface area (Å²) in [6, 6.07) is 10.2. The number of rotatable bonds is 3. The van der Waals surface area contributed by atoms with Crippen LogP contribution in [-0.2, 0) is 6.54 Å². The third-order valence-electron chi connectivity index (χ3n) is 2.71. The summed E-state index contributed by atoms with van der Waals surface area (Å²) in [6.45, 7) is 4.49. The van der Waals surface area contributed by atoms with E-state index in [0.29, 0.717) is 11.7 Å². The fraction of sp³-hybridized carbons (Fsp3) is 0.200. The van der Waals surface area contributed by atoms with E-state index in [1.807, 2.05) is 26.0 Å². The zero-order chi connectivity index (χ0) is 14.5. The maximum absolute atomic E-state index is 12.8. The molecule has 104 valence electrons. The topological polar surface area (TPSA) is 37.0 Å². The maximum Gasteiger partial charge on any atom is 0.172 e. The normalized spacial score (nSPS) is 10.2. The maximum atomic E-state index is 12.8. The van der Waals surface area contributed by atoms with Crippen LogP contribution >= 0.6 is 12.2 Å². The first kappa shape index (κ1) is 14.4. The SMILES string of the molecule is Cc1cc(C)nc(NC(=S)NCc2ccc(F)cc2)c1. The average Bonchev–Trinajstić information content (AvgIpc) is 2.37. The van der Waals surface area contributed by atoms with Gasteiger partial charge in [-0.2, -0.15) is 0 Å². The summed E-state index contributed by atoms with van der Waals surface area (Å²) in [4.78, 5) is 4.35. The molecular formula is C15H16FN3S. The number of benzene rings is 1. The second-order valence-corrected chi connectivity index (χ2v) is 5.01. The van der Waals surface area contributed by atoms with Gasteiger partial charge in [0.25, 0.3) is 0 Å². The van der Waals surface area contributed by atoms with Crippen LogP contribution in [0.25, 0.3) is 0 Å². The van der Waals surface area contributed by atoms with Crippen molar-refractivity contribution in [2.75, 3.05) is 5.32 Å². The first-order valence-corrected chi connectivity index (χ1v) is 6.68. The molecule has 0 atom stereocenters. The highest BCUT2D eigenvalue weighted by Crippen LogP contribution is 2.09. The molecule has 0 radical (unpaired) electrons. The Morgan fingerprint density at radius 2 is 1.90 bits per heavy atom. The summed E-state index contributed by atoms with van der Waals surface area (Å²) in [6.07, 6.45) is 0. The number of halogens is 1. The third kappa shape index (κ3) is 4.28. The molecule has 3 nitrogen and oxygen atoms in total. The van der Waals surface area contributed by atoms with Gasteiger partial charge in [0.05, 0.1) is 0 Å². The van der Waals surface area contributed by atoms with Crippen LogP contribution in [0, 0.1) is 19.7 Å². The van der Waals surface area contributed by atoms with Crippen LogP contribution in [0.3, 0.4) is 0 Å². The number of pyridine rings is 1. The predicted molar refractivity (Wildman–Crippen MR) is 83.2 cm³/mol. The van der Waals surface area contributed by atoms with Gasteiger partial charge in [-0.25, -0.2) is 9.37 Å². The molecule has 2 aromatic rings. The molecule has 0 saturated carbocycles. The van der Waals surface area contributed by atoms with Gasteiger partial charge >= 0.3 is 0 Å². The van der Waals surface area contributed by atoms with Crippen molar-refractivity contribution >= 4 is 23.1 Å². The van der Waals surface area contributed by atoms with E-state index in [1.165, 1.54) is 12.1 Å². The molecule has 0 unspecified atom stereocenters. The van der Waals surface area contributed by atoms with Crippen molar-refractivity contribution in [3.63, 3.8) is 0 Å². The summed E-state index contributed by atoms with van der Waals surface area (Å²) in [5.41, 5.74) is 3.03. The van der Waals surface area contributed by atoms with Gasteiger partial charge < -0.3 is 10.6 Å². The van der Waals surface area contributed by atoms with Gasteiger partial charge in [-0.05, 0) is 61.5 Å². The second kappa shape index (κ2) is 6.43. The predicted octanol–water partition coefficient (Wildman–Crippen LogP) is 3.32. The van der Waals surface area contributed by atoms with Crippen LogP contribution in [0.15, 0.2) is 36.4 Å². The molecule has 0 aliphatic rings. The van der Waals surface area contributed by atoms with Crippen LogP contribution in [0.5, 0.6) is 0 Å². The van der Waals surface area contributed by atoms with Crippen molar-refractivity contribution in [3.8, 4) is 0 Å². The molecule has 2 N–H and O–H groups in total. The van der Waals surface area contributed by atoms with E-state index in [4.69, 9.17) is 12.2 Å². The monoisotopic (exact) mass is 289 g/mol. The van der Waals surface area contributed by atoms with Gasteiger partial charge in [-0.15, -0.1) is 0 Å². The average molecular weight is 289 g/mol. The Kier molecular flexibility index (Phi) is 4.63. The molecule has 0 amide bonds. The molecule has 2 rings (SSSR count). The van der Waals surface area contributed by atoms with Crippen molar-refractivity contribution in [2.45, 2.75) is 20.4 Å². The molecule has 0 fully saturated rings. The summed E-state index contributed by atoms with van der Waals surface area (Å²) in [5, 5.41) is 6.60. The minimum absolute atomic E-state index is 0.242.